The van der Waals surface area contributed by atoms with Crippen molar-refractivity contribution in [3.63, 3.8) is 0 Å². The van der Waals surface area contributed by atoms with Crippen molar-refractivity contribution in [1.29, 1.82) is 0 Å². The number of hydrogen-bond acceptors (Lipinski definition) is 6. The SMILES string of the molecule is CC(C)C(NC(=S)OCc1coc2ccccc12)C(=O)CC1CCNC(=O)C1=O. The summed E-state index contributed by atoms with van der Waals surface area (Å²) in [4.78, 5) is 36.3. The number of thiocarbonyl (C=S) groups is 1. The molecule has 1 aromatic heterocycles. The monoisotopic (exact) mass is 416 g/mol. The molecular formula is C21H24N2O5S. The second-order valence-corrected chi connectivity index (χ2v) is 7.85. The number of carbonyl (C=O) groups is 3. The van der Waals surface area contributed by atoms with Gasteiger partial charge in [-0.1, -0.05) is 32.0 Å². The van der Waals surface area contributed by atoms with Gasteiger partial charge in [0, 0.05) is 29.8 Å². The quantitative estimate of drug-likeness (QED) is 0.529. The fraction of sp³-hybridized carbons (Fsp3) is 0.429. The van der Waals surface area contributed by atoms with Crippen molar-refractivity contribution in [1.82, 2.24) is 10.6 Å². The van der Waals surface area contributed by atoms with Gasteiger partial charge in [0.2, 0.25) is 5.78 Å². The average Bonchev–Trinajstić information content (AvgIpc) is 3.11. The number of hydrogen-bond donors (Lipinski definition) is 2. The Bertz CT molecular complexity index is 936. The Morgan fingerprint density at radius 1 is 1.34 bits per heavy atom. The topological polar surface area (TPSA) is 97.6 Å². The highest BCUT2D eigenvalue weighted by Gasteiger charge is 2.34. The highest BCUT2D eigenvalue weighted by molar-refractivity contribution is 7.80. The van der Waals surface area contributed by atoms with Crippen LogP contribution >= 0.6 is 12.2 Å². The van der Waals surface area contributed by atoms with Crippen molar-refractivity contribution in [3.8, 4) is 0 Å². The molecule has 0 bridgehead atoms. The number of benzene rings is 1. The van der Waals surface area contributed by atoms with Gasteiger partial charge in [-0.2, -0.15) is 0 Å². The maximum absolute atomic E-state index is 12.8. The van der Waals surface area contributed by atoms with Gasteiger partial charge in [0.1, 0.15) is 12.2 Å². The van der Waals surface area contributed by atoms with E-state index in [1.807, 2.05) is 38.1 Å². The molecule has 0 saturated carbocycles. The molecule has 2 aromatic rings. The number of carbonyl (C=O) groups excluding carboxylic acids is 3. The predicted molar refractivity (Wildman–Crippen MR) is 111 cm³/mol. The summed E-state index contributed by atoms with van der Waals surface area (Å²) in [5.41, 5.74) is 1.62. The first-order valence-corrected chi connectivity index (χ1v) is 10.0. The van der Waals surface area contributed by atoms with Gasteiger partial charge in [-0.25, -0.2) is 0 Å². The Morgan fingerprint density at radius 2 is 2.10 bits per heavy atom. The van der Waals surface area contributed by atoms with E-state index in [0.29, 0.717) is 13.0 Å². The second kappa shape index (κ2) is 9.17. The number of ketones is 2. The van der Waals surface area contributed by atoms with Gasteiger partial charge < -0.3 is 19.8 Å². The lowest BCUT2D eigenvalue weighted by atomic mass is 9.87. The lowest BCUT2D eigenvalue weighted by molar-refractivity contribution is -0.143. The van der Waals surface area contributed by atoms with Gasteiger partial charge in [-0.05, 0) is 30.6 Å². The maximum atomic E-state index is 12.8. The van der Waals surface area contributed by atoms with Crippen LogP contribution in [0, 0.1) is 11.8 Å². The summed E-state index contributed by atoms with van der Waals surface area (Å²) in [7, 11) is 0. The third-order valence-electron chi connectivity index (χ3n) is 5.03. The molecule has 29 heavy (non-hydrogen) atoms. The molecule has 0 aliphatic carbocycles. The number of nitrogens with one attached hydrogen (secondary N) is 2. The van der Waals surface area contributed by atoms with E-state index in [-0.39, 0.29) is 29.9 Å². The van der Waals surface area contributed by atoms with Gasteiger partial charge >= 0.3 is 0 Å². The number of fused-ring (bicyclic) bond motifs is 1. The molecule has 154 valence electrons. The lowest BCUT2D eigenvalue weighted by Gasteiger charge is -2.25. The van der Waals surface area contributed by atoms with Crippen LogP contribution in [0.4, 0.5) is 0 Å². The van der Waals surface area contributed by atoms with Crippen LogP contribution in [0.15, 0.2) is 34.9 Å². The van der Waals surface area contributed by atoms with E-state index >= 15 is 0 Å². The smallest absolute Gasteiger partial charge is 0.287 e. The zero-order valence-corrected chi connectivity index (χ0v) is 17.2. The summed E-state index contributed by atoms with van der Waals surface area (Å²) >= 11 is 5.26. The van der Waals surface area contributed by atoms with E-state index in [1.165, 1.54) is 0 Å². The highest BCUT2D eigenvalue weighted by atomic mass is 32.1. The zero-order chi connectivity index (χ0) is 21.0. The first-order valence-electron chi connectivity index (χ1n) is 9.60. The Kier molecular flexibility index (Phi) is 6.64. The molecule has 8 heteroatoms. The number of piperidine rings is 1. The van der Waals surface area contributed by atoms with Gasteiger partial charge in [-0.15, -0.1) is 0 Å². The molecule has 1 amide bonds. The van der Waals surface area contributed by atoms with E-state index < -0.39 is 23.7 Å². The van der Waals surface area contributed by atoms with Crippen molar-refractivity contribution in [3.05, 3.63) is 36.1 Å². The van der Waals surface area contributed by atoms with Crippen LogP contribution in [0.1, 0.15) is 32.3 Å². The van der Waals surface area contributed by atoms with Gasteiger partial charge in [-0.3, -0.25) is 14.4 Å². The third-order valence-corrected chi connectivity index (χ3v) is 5.26. The molecule has 2 unspecified atom stereocenters. The van der Waals surface area contributed by atoms with Crippen molar-refractivity contribution in [2.24, 2.45) is 11.8 Å². The van der Waals surface area contributed by atoms with Crippen molar-refractivity contribution in [2.45, 2.75) is 39.3 Å². The molecule has 1 saturated heterocycles. The normalized spacial score (nSPS) is 17.8. The summed E-state index contributed by atoms with van der Waals surface area (Å²) in [5, 5.41) is 6.51. The molecule has 0 spiro atoms. The summed E-state index contributed by atoms with van der Waals surface area (Å²) in [5.74, 6) is -1.95. The molecule has 3 rings (SSSR count). The van der Waals surface area contributed by atoms with Gasteiger partial charge in [0.05, 0.1) is 12.3 Å². The summed E-state index contributed by atoms with van der Waals surface area (Å²) in [6, 6.07) is 7.02. The average molecular weight is 416 g/mol. The van der Waals surface area contributed by atoms with Crippen LogP contribution in [0.2, 0.25) is 0 Å². The van der Waals surface area contributed by atoms with Crippen molar-refractivity contribution >= 4 is 45.8 Å². The minimum Gasteiger partial charge on any atom is -0.466 e. The van der Waals surface area contributed by atoms with E-state index in [4.69, 9.17) is 21.4 Å². The number of ether oxygens (including phenoxy) is 1. The highest BCUT2D eigenvalue weighted by Crippen LogP contribution is 2.21. The van der Waals surface area contributed by atoms with E-state index in [1.54, 1.807) is 6.26 Å². The Labute approximate surface area is 174 Å². The summed E-state index contributed by atoms with van der Waals surface area (Å²) < 4.78 is 11.1. The van der Waals surface area contributed by atoms with Gasteiger partial charge in [0.25, 0.3) is 11.1 Å². The fourth-order valence-corrected chi connectivity index (χ4v) is 3.59. The van der Waals surface area contributed by atoms with Crippen molar-refractivity contribution < 1.29 is 23.5 Å². The molecule has 2 atom stereocenters. The first-order chi connectivity index (χ1) is 13.9. The molecular weight excluding hydrogens is 392 g/mol. The molecule has 1 aliphatic heterocycles. The van der Waals surface area contributed by atoms with Crippen molar-refractivity contribution in [2.75, 3.05) is 6.54 Å². The molecule has 7 nitrogen and oxygen atoms in total. The molecule has 2 N–H and O–H groups in total. The zero-order valence-electron chi connectivity index (χ0n) is 16.4. The molecule has 0 radical (unpaired) electrons. The van der Waals surface area contributed by atoms with Crippen LogP contribution in [-0.2, 0) is 25.7 Å². The number of Topliss-reactive ketones (excluding diaryl/α,β-unsaturated/α-hetero) is 2. The number of amides is 1. The number of para-hydroxylation sites is 1. The molecule has 2 heterocycles. The Hall–Kier alpha value is -2.74. The fourth-order valence-electron chi connectivity index (χ4n) is 3.40. The summed E-state index contributed by atoms with van der Waals surface area (Å²) in [6.07, 6.45) is 2.10. The van der Waals surface area contributed by atoms with Crippen LogP contribution in [0.25, 0.3) is 11.0 Å². The Morgan fingerprint density at radius 3 is 2.86 bits per heavy atom. The largest absolute Gasteiger partial charge is 0.466 e. The minimum absolute atomic E-state index is 0.0110. The summed E-state index contributed by atoms with van der Waals surface area (Å²) in [6.45, 7) is 4.39. The number of rotatable bonds is 7. The Balaban J connectivity index is 1.57. The van der Waals surface area contributed by atoms with E-state index in [9.17, 15) is 14.4 Å². The van der Waals surface area contributed by atoms with E-state index in [0.717, 1.165) is 16.5 Å². The van der Waals surface area contributed by atoms with E-state index in [2.05, 4.69) is 10.6 Å². The van der Waals surface area contributed by atoms with Gasteiger partial charge in [0.15, 0.2) is 5.78 Å². The standard InChI is InChI=1S/C21H24N2O5S/c1-12(2)18(16(24)9-13-7-8-22-20(26)19(13)25)23-21(29)28-11-14-10-27-17-6-4-3-5-15(14)17/h3-6,10,12-13,18H,7-9,11H2,1-2H3,(H,22,26)(H,23,29). The lowest BCUT2D eigenvalue weighted by Crippen LogP contribution is -2.48. The van der Waals surface area contributed by atoms with Crippen LogP contribution in [-0.4, -0.2) is 35.2 Å². The van der Waals surface area contributed by atoms with Crippen LogP contribution in [0.3, 0.4) is 0 Å². The first kappa shape index (κ1) is 21.0. The molecule has 1 aliphatic rings. The van der Waals surface area contributed by atoms with Crippen LogP contribution in [0.5, 0.6) is 0 Å². The predicted octanol–water partition coefficient (Wildman–Crippen LogP) is 2.51. The van der Waals surface area contributed by atoms with Crippen LogP contribution < -0.4 is 10.6 Å². The second-order valence-electron chi connectivity index (χ2n) is 7.48. The third kappa shape index (κ3) is 5.00. The number of furan rings is 1. The maximum Gasteiger partial charge on any atom is 0.287 e. The minimum atomic E-state index is -0.616. The molecule has 1 aromatic carbocycles. The molecule has 1 fully saturated rings.